The van der Waals surface area contributed by atoms with Gasteiger partial charge in [-0.05, 0) is 23.3 Å². The zero-order chi connectivity index (χ0) is 12.3. The number of esters is 1. The molecule has 0 radical (unpaired) electrons. The molecule has 1 rings (SSSR count). The molecule has 3 nitrogen and oxygen atoms in total. The second-order valence-electron chi connectivity index (χ2n) is 3.08. The third kappa shape index (κ3) is 2.76. The number of hydrogen-bond acceptors (Lipinski definition) is 3. The molecular weight excluding hydrogens is 251 g/mol. The fourth-order valence-electron chi connectivity index (χ4n) is 1.11. The van der Waals surface area contributed by atoms with Gasteiger partial charge in [0.15, 0.2) is 6.10 Å². The lowest BCUT2D eigenvalue weighted by Crippen LogP contribution is -2.22. The standard InChI is InChI=1S/C11H10Cl2O3/c1-6(10(14)11(15)16-2)7-3-4-8(12)9(13)5-7/h3-5,10,14H,1H2,2H3. The van der Waals surface area contributed by atoms with Crippen LogP contribution in [0, 0.1) is 0 Å². The first kappa shape index (κ1) is 13.0. The third-order valence-electron chi connectivity index (χ3n) is 2.04. The van der Waals surface area contributed by atoms with Crippen molar-refractivity contribution in [1.82, 2.24) is 0 Å². The van der Waals surface area contributed by atoms with Crippen molar-refractivity contribution in [3.8, 4) is 0 Å². The summed E-state index contributed by atoms with van der Waals surface area (Å²) in [5, 5.41) is 10.3. The maximum absolute atomic E-state index is 11.1. The van der Waals surface area contributed by atoms with Gasteiger partial charge in [0.2, 0.25) is 0 Å². The Kier molecular flexibility index (Phi) is 4.35. The minimum absolute atomic E-state index is 0.213. The summed E-state index contributed by atoms with van der Waals surface area (Å²) in [4.78, 5) is 11.1. The van der Waals surface area contributed by atoms with Gasteiger partial charge in [0.05, 0.1) is 17.2 Å². The number of methoxy groups -OCH3 is 1. The molecular formula is C11H10Cl2O3. The van der Waals surface area contributed by atoms with Crippen LogP contribution in [-0.4, -0.2) is 24.3 Å². The molecule has 5 heteroatoms. The van der Waals surface area contributed by atoms with E-state index in [0.717, 1.165) is 0 Å². The van der Waals surface area contributed by atoms with Crippen LogP contribution in [-0.2, 0) is 9.53 Å². The van der Waals surface area contributed by atoms with Crippen LogP contribution in [0.5, 0.6) is 0 Å². The number of benzene rings is 1. The molecule has 0 aromatic heterocycles. The van der Waals surface area contributed by atoms with Gasteiger partial charge in [-0.25, -0.2) is 4.79 Å². The maximum atomic E-state index is 11.1. The van der Waals surface area contributed by atoms with Crippen LogP contribution in [0.15, 0.2) is 24.8 Å². The summed E-state index contributed by atoms with van der Waals surface area (Å²) in [7, 11) is 1.19. The molecule has 0 amide bonds. The van der Waals surface area contributed by atoms with Gasteiger partial charge < -0.3 is 9.84 Å². The van der Waals surface area contributed by atoms with Gasteiger partial charge >= 0.3 is 5.97 Å². The summed E-state index contributed by atoms with van der Waals surface area (Å²) < 4.78 is 4.40. The van der Waals surface area contributed by atoms with E-state index in [1.165, 1.54) is 13.2 Å². The van der Waals surface area contributed by atoms with Crippen molar-refractivity contribution in [3.05, 3.63) is 40.4 Å². The summed E-state index contributed by atoms with van der Waals surface area (Å²) in [6.07, 6.45) is -1.40. The molecule has 1 aromatic carbocycles. The Morgan fingerprint density at radius 2 is 2.06 bits per heavy atom. The van der Waals surface area contributed by atoms with Gasteiger partial charge in [-0.15, -0.1) is 0 Å². The van der Waals surface area contributed by atoms with E-state index in [2.05, 4.69) is 11.3 Å². The Morgan fingerprint density at radius 3 is 2.56 bits per heavy atom. The van der Waals surface area contributed by atoms with Crippen molar-refractivity contribution >= 4 is 34.7 Å². The van der Waals surface area contributed by atoms with Gasteiger partial charge in [-0.3, -0.25) is 0 Å². The number of ether oxygens (including phenoxy) is 1. The van der Waals surface area contributed by atoms with Crippen LogP contribution in [0.3, 0.4) is 0 Å². The molecule has 86 valence electrons. The minimum Gasteiger partial charge on any atom is -0.467 e. The Hall–Kier alpha value is -1.03. The second-order valence-corrected chi connectivity index (χ2v) is 3.89. The molecule has 0 fully saturated rings. The van der Waals surface area contributed by atoms with Crippen molar-refractivity contribution < 1.29 is 14.6 Å². The lowest BCUT2D eigenvalue weighted by molar-refractivity contribution is -0.147. The first-order chi connectivity index (χ1) is 7.47. The first-order valence-corrected chi connectivity index (χ1v) is 5.13. The third-order valence-corrected chi connectivity index (χ3v) is 2.78. The van der Waals surface area contributed by atoms with E-state index in [1.54, 1.807) is 12.1 Å². The van der Waals surface area contributed by atoms with Gasteiger partial charge in [-0.1, -0.05) is 35.8 Å². The number of aliphatic hydroxyl groups is 1. The summed E-state index contributed by atoms with van der Waals surface area (Å²) in [5.74, 6) is -0.768. The molecule has 0 saturated carbocycles. The van der Waals surface area contributed by atoms with Crippen LogP contribution in [0.1, 0.15) is 5.56 Å². The maximum Gasteiger partial charge on any atom is 0.339 e. The van der Waals surface area contributed by atoms with E-state index < -0.39 is 12.1 Å². The molecule has 0 bridgehead atoms. The number of halogens is 2. The van der Waals surface area contributed by atoms with Gasteiger partial charge in [0.25, 0.3) is 0 Å². The average molecular weight is 261 g/mol. The molecule has 1 N–H and O–H groups in total. The number of aliphatic hydroxyl groups excluding tert-OH is 1. The highest BCUT2D eigenvalue weighted by molar-refractivity contribution is 6.42. The second kappa shape index (κ2) is 5.34. The number of carbonyl (C=O) groups is 1. The molecule has 16 heavy (non-hydrogen) atoms. The minimum atomic E-state index is -1.40. The zero-order valence-corrected chi connectivity index (χ0v) is 10.0. The van der Waals surface area contributed by atoms with Crippen LogP contribution in [0.2, 0.25) is 10.0 Å². The quantitative estimate of drug-likeness (QED) is 0.850. The number of rotatable bonds is 3. The SMILES string of the molecule is C=C(c1ccc(Cl)c(Cl)c1)C(O)C(=O)OC. The highest BCUT2D eigenvalue weighted by Crippen LogP contribution is 2.27. The molecule has 0 aliphatic carbocycles. The predicted molar refractivity (Wildman–Crippen MR) is 63.5 cm³/mol. The lowest BCUT2D eigenvalue weighted by Gasteiger charge is -2.12. The van der Waals surface area contributed by atoms with Crippen molar-refractivity contribution in [1.29, 1.82) is 0 Å². The molecule has 0 aliphatic heterocycles. The Balaban J connectivity index is 2.97. The van der Waals surface area contributed by atoms with Gasteiger partial charge in [0.1, 0.15) is 0 Å². The van der Waals surface area contributed by atoms with Crippen molar-refractivity contribution in [3.63, 3.8) is 0 Å². The monoisotopic (exact) mass is 260 g/mol. The van der Waals surface area contributed by atoms with Crippen LogP contribution < -0.4 is 0 Å². The molecule has 0 spiro atoms. The zero-order valence-electron chi connectivity index (χ0n) is 8.54. The van der Waals surface area contributed by atoms with E-state index in [9.17, 15) is 9.90 Å². The average Bonchev–Trinajstić information content (AvgIpc) is 2.29. The first-order valence-electron chi connectivity index (χ1n) is 4.37. The van der Waals surface area contributed by atoms with Gasteiger partial charge in [0, 0.05) is 0 Å². The van der Waals surface area contributed by atoms with Crippen molar-refractivity contribution in [2.24, 2.45) is 0 Å². The van der Waals surface area contributed by atoms with Crippen LogP contribution in [0.4, 0.5) is 0 Å². The topological polar surface area (TPSA) is 46.5 Å². The summed E-state index contributed by atoms with van der Waals surface area (Å²) in [5.41, 5.74) is 0.748. The summed E-state index contributed by atoms with van der Waals surface area (Å²) >= 11 is 11.5. The Bertz CT molecular complexity index is 429. The van der Waals surface area contributed by atoms with E-state index in [4.69, 9.17) is 23.2 Å². The highest BCUT2D eigenvalue weighted by Gasteiger charge is 2.20. The molecule has 1 atom stereocenters. The largest absolute Gasteiger partial charge is 0.467 e. The molecule has 1 unspecified atom stereocenters. The molecule has 0 saturated heterocycles. The normalized spacial score (nSPS) is 12.0. The number of carbonyl (C=O) groups excluding carboxylic acids is 1. The molecule has 0 heterocycles. The van der Waals surface area contributed by atoms with Crippen LogP contribution >= 0.6 is 23.2 Å². The number of hydrogen-bond donors (Lipinski definition) is 1. The lowest BCUT2D eigenvalue weighted by atomic mass is 10.0. The Morgan fingerprint density at radius 1 is 1.44 bits per heavy atom. The smallest absolute Gasteiger partial charge is 0.339 e. The van der Waals surface area contributed by atoms with Crippen LogP contribution in [0.25, 0.3) is 5.57 Å². The van der Waals surface area contributed by atoms with Gasteiger partial charge in [-0.2, -0.15) is 0 Å². The predicted octanol–water partition coefficient (Wildman–Crippen LogP) is 2.54. The Labute approximate surface area is 103 Å². The van der Waals surface area contributed by atoms with E-state index in [1.807, 2.05) is 0 Å². The summed E-state index contributed by atoms with van der Waals surface area (Å²) in [6.45, 7) is 3.61. The van der Waals surface area contributed by atoms with E-state index in [-0.39, 0.29) is 5.57 Å². The highest BCUT2D eigenvalue weighted by atomic mass is 35.5. The van der Waals surface area contributed by atoms with E-state index in [0.29, 0.717) is 15.6 Å². The molecule has 0 aliphatic rings. The fourth-order valence-corrected chi connectivity index (χ4v) is 1.41. The van der Waals surface area contributed by atoms with Crippen molar-refractivity contribution in [2.75, 3.05) is 7.11 Å². The van der Waals surface area contributed by atoms with Crippen molar-refractivity contribution in [2.45, 2.75) is 6.10 Å². The van der Waals surface area contributed by atoms with E-state index >= 15 is 0 Å². The molecule has 1 aromatic rings. The fraction of sp³-hybridized carbons (Fsp3) is 0.182. The summed E-state index contributed by atoms with van der Waals surface area (Å²) in [6, 6.07) is 4.70.